The van der Waals surface area contributed by atoms with Crippen LogP contribution < -0.4 is 5.32 Å². The van der Waals surface area contributed by atoms with Crippen LogP contribution in [0, 0.1) is 39.9 Å². The molecule has 3 saturated carbocycles. The van der Waals surface area contributed by atoms with E-state index in [4.69, 9.17) is 4.84 Å². The first-order valence-electron chi connectivity index (χ1n) is 15.1. The minimum absolute atomic E-state index is 0.0966. The van der Waals surface area contributed by atoms with E-state index in [1.54, 1.807) is 4.90 Å². The Morgan fingerprint density at radius 1 is 1.11 bits per heavy atom. The molecule has 0 bridgehead atoms. The van der Waals surface area contributed by atoms with E-state index in [2.05, 4.69) is 38.2 Å². The van der Waals surface area contributed by atoms with Crippen LogP contribution in [0.5, 0.6) is 0 Å². The van der Waals surface area contributed by atoms with E-state index < -0.39 is 6.09 Å². The first-order valence-corrected chi connectivity index (χ1v) is 15.1. The Balaban J connectivity index is 1.26. The Morgan fingerprint density at radius 3 is 2.61 bits per heavy atom. The number of rotatable bonds is 6. The monoisotopic (exact) mass is 527 g/mol. The van der Waals surface area contributed by atoms with Crippen LogP contribution in [-0.4, -0.2) is 59.9 Å². The summed E-state index contributed by atoms with van der Waals surface area (Å²) >= 11 is 0. The van der Waals surface area contributed by atoms with Crippen LogP contribution in [0.3, 0.4) is 0 Å². The fourth-order valence-corrected chi connectivity index (χ4v) is 9.41. The minimum atomic E-state index is -0.474. The van der Waals surface area contributed by atoms with E-state index in [0.29, 0.717) is 42.4 Å². The molecule has 1 amide bonds. The summed E-state index contributed by atoms with van der Waals surface area (Å²) in [6.07, 6.45) is 11.2. The molecule has 1 aliphatic heterocycles. The van der Waals surface area contributed by atoms with E-state index in [9.17, 15) is 14.7 Å². The highest BCUT2D eigenvalue weighted by Gasteiger charge is 2.59. The van der Waals surface area contributed by atoms with Crippen LogP contribution in [0.25, 0.3) is 0 Å². The van der Waals surface area contributed by atoms with E-state index in [-0.39, 0.29) is 35.4 Å². The van der Waals surface area contributed by atoms with Gasteiger partial charge in [0.2, 0.25) is 0 Å². The lowest BCUT2D eigenvalue weighted by Gasteiger charge is -2.58. The second kappa shape index (κ2) is 10.3. The Morgan fingerprint density at radius 2 is 1.89 bits per heavy atom. The van der Waals surface area contributed by atoms with Crippen LogP contribution in [0.4, 0.5) is 4.79 Å². The lowest BCUT2D eigenvalue weighted by atomic mass is 9.46. The van der Waals surface area contributed by atoms with Crippen LogP contribution in [0.2, 0.25) is 0 Å². The van der Waals surface area contributed by atoms with Crippen molar-refractivity contribution in [1.29, 1.82) is 0 Å². The average Bonchev–Trinajstić information content (AvgIpc) is 3.40. The molecule has 5 aliphatic rings. The number of ketones is 1. The number of amides is 1. The summed E-state index contributed by atoms with van der Waals surface area (Å²) in [6, 6.07) is 0.173. The second-order valence-electron chi connectivity index (χ2n) is 14.1. The van der Waals surface area contributed by atoms with Crippen molar-refractivity contribution in [3.8, 4) is 0 Å². The van der Waals surface area contributed by atoms with Crippen molar-refractivity contribution < 1.29 is 19.5 Å². The highest BCUT2D eigenvalue weighted by atomic mass is 16.7. The van der Waals surface area contributed by atoms with Crippen molar-refractivity contribution in [1.82, 2.24) is 10.2 Å². The van der Waals surface area contributed by atoms with Crippen LogP contribution >= 0.6 is 0 Å². The fraction of sp³-hybridized carbons (Fsp3) is 0.839. The third-order valence-electron chi connectivity index (χ3n) is 11.9. The number of fused-ring (bicyclic) bond motifs is 5. The van der Waals surface area contributed by atoms with E-state index in [1.807, 2.05) is 13.0 Å². The van der Waals surface area contributed by atoms with Crippen molar-refractivity contribution >= 4 is 17.6 Å². The van der Waals surface area contributed by atoms with Crippen LogP contribution in [0.15, 0.2) is 16.8 Å². The maximum atomic E-state index is 13.0. The molecule has 4 fully saturated rings. The molecule has 1 heterocycles. The van der Waals surface area contributed by atoms with Gasteiger partial charge in [-0.05, 0) is 105 Å². The molecule has 7 heteroatoms. The maximum Gasteiger partial charge on any atom is 0.436 e. The van der Waals surface area contributed by atoms with E-state index in [1.165, 1.54) is 31.3 Å². The molecule has 7 nitrogen and oxygen atoms in total. The summed E-state index contributed by atoms with van der Waals surface area (Å²) in [5.74, 6) is 2.67. The standard InChI is InChI=1S/C31H49N3O4/c1-20(33-38-28(37)34(16-17-35)19-27-29(2,3)14-15-32-27)24-8-9-25-23-7-6-21-18-22(36)10-12-30(21,4)26(23)11-13-31(24,25)5/h18,23-27,32,35H,6-17,19H2,1-5H3/b33-20+/t23-,24+,25-,26-,27?,30-,31+/m0/s1. The maximum absolute atomic E-state index is 13.0. The number of carbonyl (C=O) groups is 2. The predicted octanol–water partition coefficient (Wildman–Crippen LogP) is 5.33. The Bertz CT molecular complexity index is 1010. The largest absolute Gasteiger partial charge is 0.436 e. The van der Waals surface area contributed by atoms with Gasteiger partial charge in [0.1, 0.15) is 0 Å². The van der Waals surface area contributed by atoms with Gasteiger partial charge in [0, 0.05) is 31.5 Å². The van der Waals surface area contributed by atoms with Crippen molar-refractivity contribution in [2.45, 2.75) is 98.4 Å². The van der Waals surface area contributed by atoms with E-state index in [0.717, 1.165) is 37.9 Å². The number of aliphatic hydroxyl groups is 1. The first-order chi connectivity index (χ1) is 18.0. The molecular weight excluding hydrogens is 478 g/mol. The summed E-state index contributed by atoms with van der Waals surface area (Å²) in [6.45, 7) is 12.9. The SMILES string of the molecule is C/C(=N\OC(=O)N(CCO)CC1NCCC1(C)C)[C@H]1CC[C@H]2[C@@H]3CCC4=CC(=O)CC[C@]4(C)[C@H]3CC[C@]12C. The van der Waals surface area contributed by atoms with Gasteiger partial charge in [0.05, 0.1) is 12.3 Å². The molecule has 0 spiro atoms. The number of hydrogen-bond acceptors (Lipinski definition) is 6. The topological polar surface area (TPSA) is 91.2 Å². The Kier molecular flexibility index (Phi) is 7.58. The van der Waals surface area contributed by atoms with Gasteiger partial charge in [-0.15, -0.1) is 0 Å². The molecule has 0 aromatic carbocycles. The smallest absolute Gasteiger partial charge is 0.395 e. The van der Waals surface area contributed by atoms with Gasteiger partial charge in [-0.3, -0.25) is 9.63 Å². The summed E-state index contributed by atoms with van der Waals surface area (Å²) < 4.78 is 0. The molecule has 212 valence electrons. The third-order valence-corrected chi connectivity index (χ3v) is 11.9. The Hall–Kier alpha value is -1.73. The number of hydrogen-bond donors (Lipinski definition) is 2. The fourth-order valence-electron chi connectivity index (χ4n) is 9.41. The predicted molar refractivity (Wildman–Crippen MR) is 149 cm³/mol. The van der Waals surface area contributed by atoms with Gasteiger partial charge >= 0.3 is 6.09 Å². The summed E-state index contributed by atoms with van der Waals surface area (Å²) in [4.78, 5) is 32.3. The van der Waals surface area contributed by atoms with Gasteiger partial charge in [0.25, 0.3) is 0 Å². The zero-order valence-electron chi connectivity index (χ0n) is 24.2. The highest BCUT2D eigenvalue weighted by molar-refractivity contribution is 5.91. The molecular formula is C31H49N3O4. The lowest BCUT2D eigenvalue weighted by molar-refractivity contribution is -0.117. The molecule has 5 rings (SSSR count). The molecule has 0 radical (unpaired) electrons. The molecule has 38 heavy (non-hydrogen) atoms. The van der Waals surface area contributed by atoms with Crippen LogP contribution in [0.1, 0.15) is 92.4 Å². The molecule has 0 aromatic heterocycles. The quantitative estimate of drug-likeness (QED) is 0.277. The normalized spacial score (nSPS) is 40.2. The number of carbonyl (C=O) groups excluding carboxylic acids is 2. The third kappa shape index (κ3) is 4.76. The van der Waals surface area contributed by atoms with Gasteiger partial charge in [-0.1, -0.05) is 38.4 Å². The number of aliphatic hydroxyl groups excluding tert-OH is 1. The van der Waals surface area contributed by atoms with Gasteiger partial charge < -0.3 is 15.3 Å². The first kappa shape index (κ1) is 27.8. The summed E-state index contributed by atoms with van der Waals surface area (Å²) in [5.41, 5.74) is 2.80. The molecule has 7 atom stereocenters. The average molecular weight is 528 g/mol. The Labute approximate surface area is 228 Å². The number of allylic oxidation sites excluding steroid dienone is 1. The van der Waals surface area contributed by atoms with E-state index >= 15 is 0 Å². The molecule has 4 aliphatic carbocycles. The number of nitrogens with one attached hydrogen (secondary N) is 1. The van der Waals surface area contributed by atoms with Crippen LogP contribution in [-0.2, 0) is 9.63 Å². The summed E-state index contributed by atoms with van der Waals surface area (Å²) in [7, 11) is 0. The summed E-state index contributed by atoms with van der Waals surface area (Å²) in [5, 5.41) is 17.5. The molecule has 0 aromatic rings. The van der Waals surface area contributed by atoms with Crippen molar-refractivity contribution in [2.24, 2.45) is 45.1 Å². The van der Waals surface area contributed by atoms with Gasteiger partial charge in [-0.2, -0.15) is 0 Å². The zero-order valence-corrected chi connectivity index (χ0v) is 24.2. The molecule has 1 unspecified atom stereocenters. The second-order valence-corrected chi connectivity index (χ2v) is 14.1. The number of oxime groups is 1. The minimum Gasteiger partial charge on any atom is -0.395 e. The van der Waals surface area contributed by atoms with Crippen molar-refractivity contribution in [3.05, 3.63) is 11.6 Å². The molecule has 1 saturated heterocycles. The lowest BCUT2D eigenvalue weighted by Crippen LogP contribution is -2.51. The van der Waals surface area contributed by atoms with Crippen molar-refractivity contribution in [2.75, 3.05) is 26.2 Å². The van der Waals surface area contributed by atoms with Gasteiger partial charge in [0.15, 0.2) is 5.78 Å². The number of nitrogens with zero attached hydrogens (tertiary/aromatic N) is 2. The van der Waals surface area contributed by atoms with Gasteiger partial charge in [-0.25, -0.2) is 4.79 Å². The molecule has 2 N–H and O–H groups in total. The zero-order chi connectivity index (χ0) is 27.3. The highest BCUT2D eigenvalue weighted by Crippen LogP contribution is 2.66. The van der Waals surface area contributed by atoms with Crippen molar-refractivity contribution in [3.63, 3.8) is 0 Å².